The minimum atomic E-state index is 0.718. The van der Waals surface area contributed by atoms with Crippen molar-refractivity contribution in [3.8, 4) is 0 Å². The quantitative estimate of drug-likeness (QED) is 0.216. The van der Waals surface area contributed by atoms with E-state index >= 15 is 0 Å². The molecule has 2 atom stereocenters. The molecule has 4 aliphatic rings. The molecule has 0 aromatic rings. The van der Waals surface area contributed by atoms with Crippen molar-refractivity contribution in [3.05, 3.63) is 36.5 Å². The fraction of sp³-hybridized carbons (Fsp3) is 0.829. The van der Waals surface area contributed by atoms with Crippen molar-refractivity contribution in [2.24, 2.45) is 47.3 Å². The first-order valence-electron chi connectivity index (χ1n) is 16.3. The van der Waals surface area contributed by atoms with Crippen LogP contribution in [0.4, 0.5) is 0 Å². The van der Waals surface area contributed by atoms with Crippen molar-refractivity contribution in [2.75, 3.05) is 0 Å². The van der Waals surface area contributed by atoms with Crippen LogP contribution in [0.25, 0.3) is 0 Å². The first-order chi connectivity index (χ1) is 17.2. The molecule has 198 valence electrons. The molecular weight excluding hydrogens is 420 g/mol. The van der Waals surface area contributed by atoms with Gasteiger partial charge < -0.3 is 0 Å². The lowest BCUT2D eigenvalue weighted by molar-refractivity contribution is 0.234. The van der Waals surface area contributed by atoms with Crippen LogP contribution in [-0.4, -0.2) is 0 Å². The zero-order chi connectivity index (χ0) is 24.3. The van der Waals surface area contributed by atoms with Gasteiger partial charge in [0.05, 0.1) is 0 Å². The Labute approximate surface area is 219 Å². The SMILES string of the molecule is CCCCCC1CCC(/C=C/C2C=CC(C3CCC(/C=C/C4CCC(CC)CC4)CC3)CC2)CC1. The normalized spacial score (nSPS) is 38.9. The first kappa shape index (κ1) is 27.3. The van der Waals surface area contributed by atoms with E-state index in [1.165, 1.54) is 122 Å². The van der Waals surface area contributed by atoms with Gasteiger partial charge in [0.25, 0.3) is 0 Å². The Hall–Kier alpha value is -0.780. The van der Waals surface area contributed by atoms with Gasteiger partial charge in [-0.25, -0.2) is 0 Å². The number of hydrogen-bond acceptors (Lipinski definition) is 0. The standard InChI is InChI=1S/C35H58/c1-3-5-6-7-29-12-14-31(15-13-29)17-19-33-22-26-35(27-23-33)34-24-20-32(21-25-34)18-16-30-10-8-28(4-2)9-11-30/h16-19,22,26,28-35H,3-15,20-21,23-25,27H2,1-2H3/b18-16+,19-17+. The van der Waals surface area contributed by atoms with Gasteiger partial charge in [-0.3, -0.25) is 0 Å². The van der Waals surface area contributed by atoms with E-state index in [-0.39, 0.29) is 0 Å². The molecular formula is C35H58. The van der Waals surface area contributed by atoms with E-state index in [0.29, 0.717) is 0 Å². The Morgan fingerprint density at radius 3 is 1.66 bits per heavy atom. The highest BCUT2D eigenvalue weighted by atomic mass is 14.3. The average Bonchev–Trinajstić information content (AvgIpc) is 2.92. The van der Waals surface area contributed by atoms with Gasteiger partial charge in [-0.2, -0.15) is 0 Å². The third kappa shape index (κ3) is 8.93. The minimum absolute atomic E-state index is 0.718. The number of unbranched alkanes of at least 4 members (excludes halogenated alkanes) is 2. The molecule has 0 aromatic heterocycles. The van der Waals surface area contributed by atoms with Gasteiger partial charge in [0.1, 0.15) is 0 Å². The van der Waals surface area contributed by atoms with Gasteiger partial charge in [-0.1, -0.05) is 82.4 Å². The summed E-state index contributed by atoms with van der Waals surface area (Å²) in [6.07, 6.45) is 43.2. The molecule has 0 N–H and O–H groups in total. The third-order valence-electron chi connectivity index (χ3n) is 10.7. The second-order valence-electron chi connectivity index (χ2n) is 13.2. The van der Waals surface area contributed by atoms with Crippen LogP contribution in [0.2, 0.25) is 0 Å². The maximum absolute atomic E-state index is 2.64. The van der Waals surface area contributed by atoms with E-state index in [2.05, 4.69) is 50.3 Å². The first-order valence-corrected chi connectivity index (χ1v) is 16.3. The van der Waals surface area contributed by atoms with Crippen molar-refractivity contribution in [1.29, 1.82) is 0 Å². The predicted octanol–water partition coefficient (Wildman–Crippen LogP) is 11.1. The molecule has 4 aliphatic carbocycles. The van der Waals surface area contributed by atoms with Crippen molar-refractivity contribution < 1.29 is 0 Å². The molecule has 0 amide bonds. The molecule has 2 unspecified atom stereocenters. The molecule has 0 radical (unpaired) electrons. The van der Waals surface area contributed by atoms with Gasteiger partial charge in [-0.15, -0.1) is 0 Å². The van der Waals surface area contributed by atoms with Gasteiger partial charge >= 0.3 is 0 Å². The molecule has 3 fully saturated rings. The van der Waals surface area contributed by atoms with E-state index < -0.39 is 0 Å². The Balaban J connectivity index is 1.11. The topological polar surface area (TPSA) is 0 Å². The molecule has 0 heterocycles. The maximum Gasteiger partial charge on any atom is -0.00531 e. The molecule has 0 bridgehead atoms. The largest absolute Gasteiger partial charge is 0.0851 e. The summed E-state index contributed by atoms with van der Waals surface area (Å²) in [5.41, 5.74) is 0. The molecule has 4 rings (SSSR count). The van der Waals surface area contributed by atoms with Gasteiger partial charge in [0.15, 0.2) is 0 Å². The highest BCUT2D eigenvalue weighted by Gasteiger charge is 2.28. The van der Waals surface area contributed by atoms with E-state index in [1.54, 1.807) is 0 Å². The summed E-state index contributed by atoms with van der Waals surface area (Å²) < 4.78 is 0. The predicted molar refractivity (Wildman–Crippen MR) is 154 cm³/mol. The maximum atomic E-state index is 2.64. The van der Waals surface area contributed by atoms with Crippen LogP contribution in [0.1, 0.15) is 136 Å². The van der Waals surface area contributed by atoms with E-state index in [9.17, 15) is 0 Å². The lowest BCUT2D eigenvalue weighted by atomic mass is 9.71. The summed E-state index contributed by atoms with van der Waals surface area (Å²) >= 11 is 0. The zero-order valence-corrected chi connectivity index (χ0v) is 23.5. The second-order valence-corrected chi connectivity index (χ2v) is 13.2. The van der Waals surface area contributed by atoms with Gasteiger partial charge in [0, 0.05) is 0 Å². The Morgan fingerprint density at radius 2 is 1.11 bits per heavy atom. The second kappa shape index (κ2) is 14.8. The smallest absolute Gasteiger partial charge is 0.00531 e. The third-order valence-corrected chi connectivity index (χ3v) is 10.7. The molecule has 0 heteroatoms. The molecule has 0 aromatic carbocycles. The Bertz CT molecular complexity index is 644. The zero-order valence-electron chi connectivity index (χ0n) is 23.5. The number of allylic oxidation sites excluding steroid dienone is 6. The Kier molecular flexibility index (Phi) is 11.6. The van der Waals surface area contributed by atoms with Crippen molar-refractivity contribution in [2.45, 2.75) is 136 Å². The summed E-state index contributed by atoms with van der Waals surface area (Å²) in [7, 11) is 0. The van der Waals surface area contributed by atoms with Crippen LogP contribution >= 0.6 is 0 Å². The summed E-state index contributed by atoms with van der Waals surface area (Å²) in [6, 6.07) is 0. The molecule has 0 saturated heterocycles. The molecule has 0 aliphatic heterocycles. The monoisotopic (exact) mass is 478 g/mol. The highest BCUT2D eigenvalue weighted by molar-refractivity contribution is 5.09. The lowest BCUT2D eigenvalue weighted by Gasteiger charge is -2.34. The Morgan fingerprint density at radius 1 is 0.543 bits per heavy atom. The fourth-order valence-corrected chi connectivity index (χ4v) is 7.94. The van der Waals surface area contributed by atoms with Crippen LogP contribution in [-0.2, 0) is 0 Å². The minimum Gasteiger partial charge on any atom is -0.0851 e. The van der Waals surface area contributed by atoms with Crippen molar-refractivity contribution in [1.82, 2.24) is 0 Å². The molecule has 0 spiro atoms. The van der Waals surface area contributed by atoms with Crippen LogP contribution in [0.3, 0.4) is 0 Å². The summed E-state index contributed by atoms with van der Waals surface area (Å²) in [4.78, 5) is 0. The van der Waals surface area contributed by atoms with Crippen LogP contribution in [0, 0.1) is 47.3 Å². The summed E-state index contributed by atoms with van der Waals surface area (Å²) in [6.45, 7) is 4.70. The summed E-state index contributed by atoms with van der Waals surface area (Å²) in [5.74, 6) is 7.24. The summed E-state index contributed by atoms with van der Waals surface area (Å²) in [5, 5.41) is 0. The van der Waals surface area contributed by atoms with E-state index in [1.807, 2.05) is 0 Å². The average molecular weight is 479 g/mol. The van der Waals surface area contributed by atoms with Gasteiger partial charge in [-0.05, 0) is 137 Å². The van der Waals surface area contributed by atoms with E-state index in [0.717, 1.165) is 47.3 Å². The van der Waals surface area contributed by atoms with Crippen LogP contribution < -0.4 is 0 Å². The molecule has 3 saturated carbocycles. The van der Waals surface area contributed by atoms with E-state index in [4.69, 9.17) is 0 Å². The van der Waals surface area contributed by atoms with Crippen molar-refractivity contribution >= 4 is 0 Å². The molecule has 0 nitrogen and oxygen atoms in total. The van der Waals surface area contributed by atoms with Crippen LogP contribution in [0.5, 0.6) is 0 Å². The van der Waals surface area contributed by atoms with Crippen molar-refractivity contribution in [3.63, 3.8) is 0 Å². The van der Waals surface area contributed by atoms with Gasteiger partial charge in [0.2, 0.25) is 0 Å². The number of hydrogen-bond donors (Lipinski definition) is 0. The highest BCUT2D eigenvalue weighted by Crippen LogP contribution is 2.40. The number of rotatable bonds is 10. The fourth-order valence-electron chi connectivity index (χ4n) is 7.94. The lowest BCUT2D eigenvalue weighted by Crippen LogP contribution is -2.22. The molecule has 35 heavy (non-hydrogen) atoms. The van der Waals surface area contributed by atoms with Crippen LogP contribution in [0.15, 0.2) is 36.5 Å².